The molecule has 17 unspecified atom stereocenters. The molecule has 0 amide bonds. The molecule has 43 heavy (non-hydrogen) atoms. The van der Waals surface area contributed by atoms with Gasteiger partial charge in [0.2, 0.25) is 0 Å². The monoisotopic (exact) mass is 658 g/mol. The van der Waals surface area contributed by atoms with Gasteiger partial charge in [-0.1, -0.05) is 44.9 Å². The van der Waals surface area contributed by atoms with Crippen molar-refractivity contribution in [3.8, 4) is 0 Å². The summed E-state index contributed by atoms with van der Waals surface area (Å²) in [6, 6.07) is 0. The van der Waals surface area contributed by atoms with Gasteiger partial charge in [-0.25, -0.2) is 0 Å². The van der Waals surface area contributed by atoms with Crippen molar-refractivity contribution in [2.24, 2.45) is 47.3 Å². The molecule has 4 saturated carbocycles. The van der Waals surface area contributed by atoms with E-state index in [9.17, 15) is 5.11 Å². The quantitative estimate of drug-likeness (QED) is 0.158. The molecule has 4 aliphatic carbocycles. The van der Waals surface area contributed by atoms with Crippen LogP contribution in [0.1, 0.15) is 96.3 Å². The van der Waals surface area contributed by atoms with Crippen LogP contribution in [-0.2, 0) is 0 Å². The van der Waals surface area contributed by atoms with Gasteiger partial charge in [-0.15, -0.1) is 0 Å². The Labute approximate surface area is 271 Å². The molecule has 8 bridgehead atoms. The maximum atomic E-state index is 11.4. The summed E-state index contributed by atoms with van der Waals surface area (Å²) < 4.78 is 0. The zero-order chi connectivity index (χ0) is 27.1. The number of fused-ring (bicyclic) bond motifs is 20. The summed E-state index contributed by atoms with van der Waals surface area (Å²) in [5.41, 5.74) is 0. The standard InChI is InChI=1S/C32H56N8O.Ga.H2O.3H/c41-23-15-7-14-22-24(23)32-39-30-21-13-6-5-12-20(21)28(37-30)35-26-17-9-2-1-8-16(17)25(33-26)34-27-18-10-3-4-11-19(18)29(36-27)38-31(22)40-32;;;;;/h16-41H,1-15H2;;1H2;;;. The fourth-order valence-corrected chi connectivity index (χ4v) is 12.0. The van der Waals surface area contributed by atoms with Gasteiger partial charge in [-0.05, 0) is 92.8 Å². The molecule has 10 nitrogen and oxygen atoms in total. The summed E-state index contributed by atoms with van der Waals surface area (Å²) in [5.74, 6) is 4.87. The Morgan fingerprint density at radius 2 is 0.581 bits per heavy atom. The van der Waals surface area contributed by atoms with Crippen LogP contribution in [0.5, 0.6) is 0 Å². The number of aliphatic hydroxyl groups is 1. The van der Waals surface area contributed by atoms with Gasteiger partial charge in [0.1, 0.15) is 0 Å². The van der Waals surface area contributed by atoms with E-state index >= 15 is 0 Å². The molecule has 0 aromatic rings. The number of aliphatic hydroxyl groups excluding tert-OH is 1. The van der Waals surface area contributed by atoms with Crippen LogP contribution < -0.4 is 42.5 Å². The molecule has 244 valence electrons. The third-order valence-corrected chi connectivity index (χ3v) is 13.9. The first-order valence-corrected chi connectivity index (χ1v) is 18.0. The molecule has 0 aromatic carbocycles. The molecular weight excluding hydrogens is 598 g/mol. The van der Waals surface area contributed by atoms with E-state index in [1.165, 1.54) is 83.5 Å². The molecule has 9 fully saturated rings. The Balaban J connectivity index is 0.00000150. The molecule has 0 radical (unpaired) electrons. The molecule has 17 atom stereocenters. The van der Waals surface area contributed by atoms with Crippen LogP contribution in [0.25, 0.3) is 0 Å². The Morgan fingerprint density at radius 1 is 0.326 bits per heavy atom. The molecule has 5 heterocycles. The fourth-order valence-electron chi connectivity index (χ4n) is 12.0. The predicted molar refractivity (Wildman–Crippen MR) is 172 cm³/mol. The van der Waals surface area contributed by atoms with Crippen molar-refractivity contribution in [1.29, 1.82) is 0 Å². The summed E-state index contributed by atoms with van der Waals surface area (Å²) in [4.78, 5) is 0. The van der Waals surface area contributed by atoms with Crippen molar-refractivity contribution in [2.45, 2.75) is 152 Å². The van der Waals surface area contributed by atoms with E-state index < -0.39 is 0 Å². The minimum atomic E-state index is -0.221. The van der Waals surface area contributed by atoms with Gasteiger partial charge >= 0.3 is 19.8 Å². The van der Waals surface area contributed by atoms with E-state index in [-0.39, 0.29) is 49.6 Å². The summed E-state index contributed by atoms with van der Waals surface area (Å²) >= 11 is 0. The Hall–Kier alpha value is 0.236. The van der Waals surface area contributed by atoms with E-state index in [2.05, 4.69) is 42.5 Å². The van der Waals surface area contributed by atoms with Crippen molar-refractivity contribution in [3.05, 3.63) is 0 Å². The zero-order valence-corrected chi connectivity index (χ0v) is 25.4. The molecule has 0 aromatic heterocycles. The SMILES string of the molecule is O.OC1CCCC2C3NC4NC(NC5NC(NC6NC(NC(N3)C12)C1CCCCC61)C1CCCCC51)C1CCCCC41.[GaH3]. The number of rotatable bonds is 0. The summed E-state index contributed by atoms with van der Waals surface area (Å²) in [7, 11) is 0. The van der Waals surface area contributed by atoms with Crippen LogP contribution in [0.2, 0.25) is 0 Å². The second-order valence-electron chi connectivity index (χ2n) is 15.7. The molecule has 5 saturated heterocycles. The summed E-state index contributed by atoms with van der Waals surface area (Å²) in [6.45, 7) is 0. The van der Waals surface area contributed by atoms with Crippen molar-refractivity contribution in [3.63, 3.8) is 0 Å². The average molecular weight is 660 g/mol. The molecule has 5 aliphatic heterocycles. The van der Waals surface area contributed by atoms with Gasteiger partial charge in [-0.2, -0.15) is 0 Å². The summed E-state index contributed by atoms with van der Waals surface area (Å²) in [6.07, 6.45) is 21.7. The third kappa shape index (κ3) is 5.53. The van der Waals surface area contributed by atoms with Gasteiger partial charge in [-0.3, -0.25) is 42.5 Å². The second-order valence-corrected chi connectivity index (χ2v) is 15.7. The normalized spacial score (nSPS) is 55.6. The maximum absolute atomic E-state index is 11.4. The van der Waals surface area contributed by atoms with E-state index in [0.717, 1.165) is 12.8 Å². The first kappa shape index (κ1) is 31.8. The van der Waals surface area contributed by atoms with Crippen molar-refractivity contribution in [2.75, 3.05) is 0 Å². The van der Waals surface area contributed by atoms with Crippen molar-refractivity contribution < 1.29 is 10.6 Å². The summed E-state index contributed by atoms with van der Waals surface area (Å²) in [5, 5.41) is 44.6. The third-order valence-electron chi connectivity index (χ3n) is 13.9. The second kappa shape index (κ2) is 13.0. The number of hydrogen-bond donors (Lipinski definition) is 9. The van der Waals surface area contributed by atoms with Crippen LogP contribution in [0.15, 0.2) is 0 Å². The first-order chi connectivity index (χ1) is 20.2. The average Bonchev–Trinajstić information content (AvgIpc) is 3.73. The van der Waals surface area contributed by atoms with E-state index in [4.69, 9.17) is 0 Å². The molecule has 9 rings (SSSR count). The van der Waals surface area contributed by atoms with Crippen molar-refractivity contribution in [1.82, 2.24) is 42.5 Å². The van der Waals surface area contributed by atoms with Crippen LogP contribution in [0, 0.1) is 47.3 Å². The Kier molecular flexibility index (Phi) is 9.64. The predicted octanol–water partition coefficient (Wildman–Crippen LogP) is -0.432. The Morgan fingerprint density at radius 3 is 0.907 bits per heavy atom. The van der Waals surface area contributed by atoms with Crippen LogP contribution in [-0.4, -0.2) is 85.8 Å². The van der Waals surface area contributed by atoms with Gasteiger partial charge < -0.3 is 10.6 Å². The zero-order valence-electron chi connectivity index (χ0n) is 25.4. The molecule has 11 heteroatoms. The molecular formula is C32H61GaN8O2. The number of nitrogens with one attached hydrogen (secondary N) is 8. The van der Waals surface area contributed by atoms with Gasteiger partial charge in [0, 0.05) is 5.92 Å². The van der Waals surface area contributed by atoms with E-state index in [1.54, 1.807) is 0 Å². The molecule has 0 spiro atoms. The number of hydrogen-bond acceptors (Lipinski definition) is 9. The topological polar surface area (TPSA) is 148 Å². The van der Waals surface area contributed by atoms with Crippen LogP contribution in [0.4, 0.5) is 0 Å². The van der Waals surface area contributed by atoms with E-state index in [1.807, 2.05) is 0 Å². The fraction of sp³-hybridized carbons (Fsp3) is 1.00. The molecule has 9 aliphatic rings. The van der Waals surface area contributed by atoms with Gasteiger partial charge in [0.25, 0.3) is 0 Å². The van der Waals surface area contributed by atoms with Gasteiger partial charge in [0.15, 0.2) is 0 Å². The van der Waals surface area contributed by atoms with Crippen LogP contribution >= 0.6 is 0 Å². The Bertz CT molecular complexity index is 964. The minimum absolute atomic E-state index is 0. The van der Waals surface area contributed by atoms with Crippen LogP contribution in [0.3, 0.4) is 0 Å². The first-order valence-electron chi connectivity index (χ1n) is 18.0. The molecule has 11 N–H and O–H groups in total. The van der Waals surface area contributed by atoms with Gasteiger partial charge in [0.05, 0.1) is 55.4 Å². The van der Waals surface area contributed by atoms with Crippen molar-refractivity contribution >= 4 is 19.8 Å². The van der Waals surface area contributed by atoms with E-state index in [0.29, 0.717) is 78.4 Å².